The van der Waals surface area contributed by atoms with Crippen molar-refractivity contribution in [2.75, 3.05) is 18.8 Å². The predicted octanol–water partition coefficient (Wildman–Crippen LogP) is 0.326. The van der Waals surface area contributed by atoms with Crippen molar-refractivity contribution in [2.45, 2.75) is 19.3 Å². The summed E-state index contributed by atoms with van der Waals surface area (Å²) < 4.78 is 23.9. The van der Waals surface area contributed by atoms with Gasteiger partial charge >= 0.3 is 0 Å². The molecule has 12 heavy (non-hydrogen) atoms. The second-order valence-electron chi connectivity index (χ2n) is 2.83. The highest BCUT2D eigenvalue weighted by Gasteiger charge is 2.26. The van der Waals surface area contributed by atoms with Crippen molar-refractivity contribution in [3.05, 3.63) is 0 Å². The van der Waals surface area contributed by atoms with Gasteiger partial charge in [0.05, 0.1) is 11.8 Å². The Kier molecular flexibility index (Phi) is 3.06. The molecule has 0 aromatic carbocycles. The number of rotatable bonds is 3. The van der Waals surface area contributed by atoms with Crippen molar-refractivity contribution in [3.63, 3.8) is 0 Å². The third kappa shape index (κ3) is 2.19. The number of hydrogen-bond acceptors (Lipinski definition) is 3. The number of hydrogen-bond donors (Lipinski definition) is 0. The third-order valence-corrected chi connectivity index (χ3v) is 3.86. The first-order chi connectivity index (χ1) is 5.67. The van der Waals surface area contributed by atoms with E-state index < -0.39 is 10.0 Å². The second-order valence-corrected chi connectivity index (χ2v) is 4.92. The van der Waals surface area contributed by atoms with Crippen LogP contribution in [0.3, 0.4) is 0 Å². The number of nitriles is 1. The highest BCUT2D eigenvalue weighted by Crippen LogP contribution is 2.13. The molecule has 1 heterocycles. The zero-order valence-corrected chi connectivity index (χ0v) is 7.68. The first-order valence-electron chi connectivity index (χ1n) is 4.01. The van der Waals surface area contributed by atoms with Gasteiger partial charge in [0, 0.05) is 19.5 Å². The van der Waals surface area contributed by atoms with Crippen LogP contribution in [-0.4, -0.2) is 31.6 Å². The molecule has 1 rings (SSSR count). The first-order valence-corrected chi connectivity index (χ1v) is 5.62. The molecule has 1 aliphatic heterocycles. The molecule has 0 aliphatic carbocycles. The van der Waals surface area contributed by atoms with Crippen molar-refractivity contribution in [1.82, 2.24) is 4.31 Å². The van der Waals surface area contributed by atoms with Gasteiger partial charge in [-0.15, -0.1) is 0 Å². The van der Waals surface area contributed by atoms with E-state index in [-0.39, 0.29) is 5.75 Å². The van der Waals surface area contributed by atoms with Gasteiger partial charge in [-0.3, -0.25) is 0 Å². The summed E-state index contributed by atoms with van der Waals surface area (Å²) in [6.45, 7) is 1.14. The van der Waals surface area contributed by atoms with Gasteiger partial charge in [-0.1, -0.05) is 0 Å². The fourth-order valence-corrected chi connectivity index (χ4v) is 2.84. The molecule has 68 valence electrons. The summed E-state index contributed by atoms with van der Waals surface area (Å²) in [5.74, 6) is 0.277. The molecule has 0 radical (unpaired) electrons. The lowest BCUT2D eigenvalue weighted by Gasteiger charge is -2.12. The molecule has 0 bridgehead atoms. The third-order valence-electron chi connectivity index (χ3n) is 1.90. The molecule has 0 saturated carbocycles. The molecule has 1 aliphatic rings. The van der Waals surface area contributed by atoms with Crippen LogP contribution in [0.4, 0.5) is 0 Å². The molecule has 0 unspecified atom stereocenters. The zero-order chi connectivity index (χ0) is 9.03. The summed E-state index contributed by atoms with van der Waals surface area (Å²) in [6, 6.07) is 2.00. The largest absolute Gasteiger partial charge is 0.214 e. The van der Waals surface area contributed by atoms with E-state index in [9.17, 15) is 8.42 Å². The molecule has 4 nitrogen and oxygen atoms in total. The maximum Gasteiger partial charge on any atom is 0.214 e. The van der Waals surface area contributed by atoms with Gasteiger partial charge in [0.25, 0.3) is 0 Å². The number of sulfonamides is 1. The summed E-state index contributed by atoms with van der Waals surface area (Å²) in [4.78, 5) is 0. The Morgan fingerprint density at radius 3 is 2.75 bits per heavy atom. The second kappa shape index (κ2) is 3.87. The van der Waals surface area contributed by atoms with E-state index in [0.29, 0.717) is 25.9 Å². The van der Waals surface area contributed by atoms with Gasteiger partial charge < -0.3 is 0 Å². The lowest BCUT2D eigenvalue weighted by molar-refractivity contribution is 0.438. The maximum absolute atomic E-state index is 11.2. The van der Waals surface area contributed by atoms with E-state index in [2.05, 4.69) is 0 Å². The predicted molar refractivity (Wildman–Crippen MR) is 44.8 cm³/mol. The quantitative estimate of drug-likeness (QED) is 0.599. The minimum Gasteiger partial charge on any atom is -0.212 e. The minimum absolute atomic E-state index is 0.277. The highest BCUT2D eigenvalue weighted by atomic mass is 32.2. The fourth-order valence-electron chi connectivity index (χ4n) is 1.28. The van der Waals surface area contributed by atoms with E-state index >= 15 is 0 Å². The Balaban J connectivity index is 2.39. The number of nitrogens with zero attached hydrogens (tertiary/aromatic N) is 2. The van der Waals surface area contributed by atoms with Gasteiger partial charge in [-0.2, -0.15) is 5.26 Å². The summed E-state index contributed by atoms with van der Waals surface area (Å²) >= 11 is 0. The van der Waals surface area contributed by atoms with Crippen LogP contribution in [0.1, 0.15) is 19.3 Å². The lowest BCUT2D eigenvalue weighted by atomic mass is 10.3. The average Bonchev–Trinajstić information content (AvgIpc) is 2.32. The average molecular weight is 188 g/mol. The van der Waals surface area contributed by atoms with Crippen molar-refractivity contribution >= 4 is 10.0 Å². The first kappa shape index (κ1) is 9.49. The van der Waals surface area contributed by atoms with Crippen LogP contribution < -0.4 is 0 Å². The smallest absolute Gasteiger partial charge is 0.212 e. The number of unbranched alkanes of at least 4 members (excludes halogenated alkanes) is 1. The Morgan fingerprint density at radius 2 is 2.25 bits per heavy atom. The van der Waals surface area contributed by atoms with E-state index in [0.717, 1.165) is 6.42 Å². The lowest BCUT2D eigenvalue weighted by Crippen LogP contribution is -2.26. The monoisotopic (exact) mass is 188 g/mol. The van der Waals surface area contributed by atoms with Crippen molar-refractivity contribution in [3.8, 4) is 6.07 Å². The molecule has 1 fully saturated rings. The molecular formula is C7H12N2O2S. The summed E-state index contributed by atoms with van der Waals surface area (Å²) in [5.41, 5.74) is 0. The van der Waals surface area contributed by atoms with Gasteiger partial charge in [0.15, 0.2) is 0 Å². The molecule has 0 N–H and O–H groups in total. The van der Waals surface area contributed by atoms with Crippen molar-refractivity contribution < 1.29 is 8.42 Å². The molecule has 5 heteroatoms. The summed E-state index contributed by atoms with van der Waals surface area (Å²) in [5, 5.41) is 8.25. The topological polar surface area (TPSA) is 61.2 Å². The van der Waals surface area contributed by atoms with E-state index in [4.69, 9.17) is 5.26 Å². The van der Waals surface area contributed by atoms with Crippen LogP contribution >= 0.6 is 0 Å². The normalized spacial score (nSPS) is 22.2. The fraction of sp³-hybridized carbons (Fsp3) is 0.857. The minimum atomic E-state index is -2.94. The van der Waals surface area contributed by atoms with Crippen LogP contribution in [0.5, 0.6) is 0 Å². The molecule has 1 saturated heterocycles. The SMILES string of the molecule is N#CCCCN1CCCS1(=O)=O. The Labute approximate surface area is 72.8 Å². The van der Waals surface area contributed by atoms with Crippen molar-refractivity contribution in [1.29, 1.82) is 5.26 Å². The van der Waals surface area contributed by atoms with Gasteiger partial charge in [-0.25, -0.2) is 12.7 Å². The Hall–Kier alpha value is -0.600. The van der Waals surface area contributed by atoms with E-state index in [1.165, 1.54) is 4.31 Å². The van der Waals surface area contributed by atoms with Gasteiger partial charge in [0.2, 0.25) is 10.0 Å². The maximum atomic E-state index is 11.2. The van der Waals surface area contributed by atoms with Crippen LogP contribution in [0.15, 0.2) is 0 Å². The van der Waals surface area contributed by atoms with E-state index in [1.54, 1.807) is 0 Å². The van der Waals surface area contributed by atoms with Crippen LogP contribution in [0, 0.1) is 11.3 Å². The Morgan fingerprint density at radius 1 is 1.50 bits per heavy atom. The summed E-state index contributed by atoms with van der Waals surface area (Å²) in [6.07, 6.45) is 1.82. The molecule has 0 aromatic rings. The standard InChI is InChI=1S/C7H12N2O2S/c8-4-1-2-5-9-6-3-7-12(9,10)11/h1-3,5-7H2. The van der Waals surface area contributed by atoms with Crippen LogP contribution in [0.2, 0.25) is 0 Å². The zero-order valence-electron chi connectivity index (χ0n) is 6.86. The molecule has 0 atom stereocenters. The van der Waals surface area contributed by atoms with Gasteiger partial charge in [0.1, 0.15) is 0 Å². The Bertz CT molecular complexity index is 278. The van der Waals surface area contributed by atoms with Gasteiger partial charge in [-0.05, 0) is 12.8 Å². The molecular weight excluding hydrogens is 176 g/mol. The molecule has 0 aromatic heterocycles. The van der Waals surface area contributed by atoms with Crippen molar-refractivity contribution in [2.24, 2.45) is 0 Å². The van der Waals surface area contributed by atoms with E-state index in [1.807, 2.05) is 6.07 Å². The summed E-state index contributed by atoms with van der Waals surface area (Å²) in [7, 11) is -2.94. The highest BCUT2D eigenvalue weighted by molar-refractivity contribution is 7.89. The van der Waals surface area contributed by atoms with Crippen LogP contribution in [-0.2, 0) is 10.0 Å². The van der Waals surface area contributed by atoms with Crippen LogP contribution in [0.25, 0.3) is 0 Å². The molecule has 0 amide bonds. The molecule has 0 spiro atoms.